The van der Waals surface area contributed by atoms with Gasteiger partial charge in [0, 0.05) is 59.6 Å². The molecule has 2 aromatic carbocycles. The molecule has 2 aromatic heterocycles. The second-order valence-corrected chi connectivity index (χ2v) is 14.5. The van der Waals surface area contributed by atoms with Gasteiger partial charge in [0.1, 0.15) is 29.5 Å². The number of aromatic nitrogens is 3. The SMILES string of the molecule is C#Cc1c(F)ccc2cc(N)cc(-c3ncc4c(N5C[C@@H]6CC[C@](C7CC7)(C5)N6)nc(OC[C@@]56CCCN5CC(=C(F)F)C6)nc4c3F)c12. The van der Waals surface area contributed by atoms with E-state index in [4.69, 9.17) is 21.9 Å². The van der Waals surface area contributed by atoms with Crippen molar-refractivity contribution < 1.29 is 22.3 Å². The summed E-state index contributed by atoms with van der Waals surface area (Å²) in [5, 5.41) is 5.17. The molecule has 6 heterocycles. The maximum atomic E-state index is 17.0. The molecule has 49 heavy (non-hydrogen) atoms. The highest BCUT2D eigenvalue weighted by Crippen LogP contribution is 2.49. The maximum Gasteiger partial charge on any atom is 0.319 e. The van der Waals surface area contributed by atoms with Crippen molar-refractivity contribution in [3.63, 3.8) is 0 Å². The van der Waals surface area contributed by atoms with E-state index in [-0.39, 0.29) is 65.1 Å². The number of hydrogen-bond acceptors (Lipinski definition) is 8. The van der Waals surface area contributed by atoms with Crippen molar-refractivity contribution in [2.45, 2.75) is 62.1 Å². The fraction of sp³-hybridized carbons (Fsp3) is 0.432. The van der Waals surface area contributed by atoms with Crippen LogP contribution in [0.5, 0.6) is 6.01 Å². The number of piperazine rings is 1. The van der Waals surface area contributed by atoms with E-state index in [0.717, 1.165) is 19.3 Å². The number of halogens is 4. The van der Waals surface area contributed by atoms with Crippen LogP contribution >= 0.6 is 0 Å². The molecule has 4 aromatic rings. The molecule has 0 spiro atoms. The Hall–Kier alpha value is -4.47. The van der Waals surface area contributed by atoms with Crippen LogP contribution in [0.1, 0.15) is 50.5 Å². The standard InChI is InChI=1S/C37H35F4N7O/c1-2-25-28(38)7-4-20-12-23(42)13-26(29(20)25)31-30(39)32-27(15-43-31)34(47-17-24-8-10-37(18-47,46-24)22-5-6-22)45-35(44-32)49-19-36-9-3-11-48(36)16-21(14-36)33(40)41/h1,4,7,12-13,15,22,24,46H,3,5-6,8-11,14,16-19,42H2/t24-,36-,37+/m0/s1. The van der Waals surface area contributed by atoms with E-state index >= 15 is 4.39 Å². The number of nitrogens with one attached hydrogen (secondary N) is 1. The molecule has 0 unspecified atom stereocenters. The summed E-state index contributed by atoms with van der Waals surface area (Å²) in [5.74, 6) is 2.16. The van der Waals surface area contributed by atoms with Crippen molar-refractivity contribution in [3.05, 3.63) is 59.3 Å². The third kappa shape index (κ3) is 4.84. The zero-order chi connectivity index (χ0) is 33.7. The Balaban J connectivity index is 1.18. The molecule has 252 valence electrons. The van der Waals surface area contributed by atoms with Crippen LogP contribution < -0.4 is 20.7 Å². The number of nitrogens with zero attached hydrogens (tertiary/aromatic N) is 5. The van der Waals surface area contributed by atoms with Gasteiger partial charge in [0.15, 0.2) is 5.82 Å². The fourth-order valence-corrected chi connectivity index (χ4v) is 9.14. The first kappa shape index (κ1) is 30.6. The summed E-state index contributed by atoms with van der Waals surface area (Å²) in [6, 6.07) is 6.24. The molecule has 1 saturated carbocycles. The topological polar surface area (TPSA) is 92.4 Å². The van der Waals surface area contributed by atoms with E-state index in [9.17, 15) is 13.2 Å². The molecule has 4 aliphatic heterocycles. The number of ether oxygens (including phenoxy) is 1. The van der Waals surface area contributed by atoms with Gasteiger partial charge in [0.25, 0.3) is 6.08 Å². The number of fused-ring (bicyclic) bond motifs is 5. The normalized spacial score (nSPS) is 26.5. The second-order valence-electron chi connectivity index (χ2n) is 14.5. The molecule has 12 heteroatoms. The summed E-state index contributed by atoms with van der Waals surface area (Å²) >= 11 is 0. The smallest absolute Gasteiger partial charge is 0.319 e. The van der Waals surface area contributed by atoms with Gasteiger partial charge in [-0.25, -0.2) is 8.78 Å². The van der Waals surface area contributed by atoms with Gasteiger partial charge >= 0.3 is 6.01 Å². The van der Waals surface area contributed by atoms with Crippen LogP contribution in [0, 0.1) is 29.9 Å². The lowest BCUT2D eigenvalue weighted by atomic mass is 9.90. The minimum atomic E-state index is -1.64. The summed E-state index contributed by atoms with van der Waals surface area (Å²) in [5.41, 5.74) is 6.21. The average Bonchev–Trinajstić information content (AvgIpc) is 3.69. The minimum Gasteiger partial charge on any atom is -0.461 e. The Morgan fingerprint density at radius 3 is 2.80 bits per heavy atom. The Morgan fingerprint density at radius 2 is 2.00 bits per heavy atom. The van der Waals surface area contributed by atoms with Crippen LogP contribution in [0.15, 0.2) is 42.1 Å². The number of rotatable bonds is 6. The Morgan fingerprint density at radius 1 is 1.14 bits per heavy atom. The fourth-order valence-electron chi connectivity index (χ4n) is 9.14. The number of hydrogen-bond donors (Lipinski definition) is 2. The lowest BCUT2D eigenvalue weighted by Gasteiger charge is -2.42. The van der Waals surface area contributed by atoms with E-state index in [1.807, 2.05) is 4.90 Å². The lowest BCUT2D eigenvalue weighted by molar-refractivity contribution is 0.108. The van der Waals surface area contributed by atoms with Crippen molar-refractivity contribution in [1.29, 1.82) is 0 Å². The van der Waals surface area contributed by atoms with Crippen molar-refractivity contribution in [3.8, 4) is 29.6 Å². The van der Waals surface area contributed by atoms with E-state index in [2.05, 4.69) is 26.1 Å². The molecule has 9 rings (SSSR count). The molecule has 3 atom stereocenters. The molecule has 1 aliphatic carbocycles. The molecule has 5 aliphatic rings. The largest absolute Gasteiger partial charge is 0.461 e. The van der Waals surface area contributed by atoms with Crippen LogP contribution in [0.4, 0.5) is 29.1 Å². The van der Waals surface area contributed by atoms with Crippen LogP contribution in [0.3, 0.4) is 0 Å². The second kappa shape index (κ2) is 11.0. The van der Waals surface area contributed by atoms with Crippen LogP contribution in [0.2, 0.25) is 0 Å². The summed E-state index contributed by atoms with van der Waals surface area (Å²) in [6.45, 7) is 2.38. The summed E-state index contributed by atoms with van der Waals surface area (Å²) in [6.07, 6.45) is 11.9. The van der Waals surface area contributed by atoms with E-state index < -0.39 is 23.3 Å². The van der Waals surface area contributed by atoms with E-state index in [1.165, 1.54) is 25.0 Å². The first-order valence-electron chi connectivity index (χ1n) is 17.0. The van der Waals surface area contributed by atoms with E-state index in [1.54, 1.807) is 18.3 Å². The Labute approximate surface area is 280 Å². The monoisotopic (exact) mass is 669 g/mol. The third-order valence-corrected chi connectivity index (χ3v) is 11.5. The molecule has 0 radical (unpaired) electrons. The quantitative estimate of drug-likeness (QED) is 0.143. The number of terminal acetylenes is 1. The van der Waals surface area contributed by atoms with Gasteiger partial charge in [0.05, 0.1) is 16.5 Å². The lowest BCUT2D eigenvalue weighted by Crippen LogP contribution is -2.61. The molecule has 5 fully saturated rings. The highest BCUT2D eigenvalue weighted by molar-refractivity contribution is 6.03. The summed E-state index contributed by atoms with van der Waals surface area (Å²) in [4.78, 5) is 18.3. The van der Waals surface area contributed by atoms with Crippen molar-refractivity contribution in [1.82, 2.24) is 25.2 Å². The van der Waals surface area contributed by atoms with Crippen molar-refractivity contribution in [2.75, 3.05) is 43.4 Å². The third-order valence-electron chi connectivity index (χ3n) is 11.5. The highest BCUT2D eigenvalue weighted by atomic mass is 19.3. The Kier molecular flexibility index (Phi) is 6.88. The first-order chi connectivity index (χ1) is 23.7. The van der Waals surface area contributed by atoms with Gasteiger partial charge in [0.2, 0.25) is 0 Å². The predicted molar refractivity (Wildman–Crippen MR) is 179 cm³/mol. The van der Waals surface area contributed by atoms with Crippen molar-refractivity contribution in [2.24, 2.45) is 5.92 Å². The minimum absolute atomic E-state index is 0.00632. The zero-order valence-corrected chi connectivity index (χ0v) is 26.8. The summed E-state index contributed by atoms with van der Waals surface area (Å²) in [7, 11) is 0. The maximum absolute atomic E-state index is 17.0. The van der Waals surface area contributed by atoms with E-state index in [0.29, 0.717) is 59.6 Å². The molecular formula is C37H35F4N7O. The Bertz CT molecular complexity index is 2130. The molecule has 0 amide bonds. The number of nitrogens with two attached hydrogens (primary N) is 1. The number of nitrogen functional groups attached to an aromatic ring is 1. The highest BCUT2D eigenvalue weighted by Gasteiger charge is 2.53. The molecule has 4 saturated heterocycles. The van der Waals surface area contributed by atoms with Crippen molar-refractivity contribution >= 4 is 33.2 Å². The number of benzene rings is 2. The van der Waals surface area contributed by atoms with Gasteiger partial charge in [-0.2, -0.15) is 18.7 Å². The molecular weight excluding hydrogens is 634 g/mol. The zero-order valence-electron chi connectivity index (χ0n) is 26.8. The first-order valence-corrected chi connectivity index (χ1v) is 17.0. The van der Waals surface area contributed by atoms with Gasteiger partial charge in [-0.3, -0.25) is 9.88 Å². The van der Waals surface area contributed by atoms with Gasteiger partial charge in [-0.1, -0.05) is 12.0 Å². The molecule has 3 N–H and O–H groups in total. The number of anilines is 2. The number of pyridine rings is 1. The van der Waals surface area contributed by atoms with Crippen LogP contribution in [-0.4, -0.2) is 69.8 Å². The van der Waals surface area contributed by atoms with Gasteiger partial charge in [-0.15, -0.1) is 6.42 Å². The average molecular weight is 670 g/mol. The predicted octanol–water partition coefficient (Wildman–Crippen LogP) is 6.18. The molecule has 2 bridgehead atoms. The van der Waals surface area contributed by atoms with Crippen LogP contribution in [-0.2, 0) is 0 Å². The molecule has 8 nitrogen and oxygen atoms in total. The van der Waals surface area contributed by atoms with Gasteiger partial charge < -0.3 is 20.7 Å². The summed E-state index contributed by atoms with van der Waals surface area (Å²) < 4.78 is 65.6. The van der Waals surface area contributed by atoms with Crippen LogP contribution in [0.25, 0.3) is 32.9 Å². The van der Waals surface area contributed by atoms with Gasteiger partial charge in [-0.05, 0) is 81.0 Å².